The molecule has 26 heavy (non-hydrogen) atoms. The lowest BCUT2D eigenvalue weighted by molar-refractivity contribution is -0.131. The number of aliphatic carboxylic acids is 1. The van der Waals surface area contributed by atoms with Crippen LogP contribution < -0.4 is 10.6 Å². The minimum atomic E-state index is -1.19. The van der Waals surface area contributed by atoms with E-state index >= 15 is 0 Å². The van der Waals surface area contributed by atoms with E-state index in [9.17, 15) is 14.4 Å². The van der Waals surface area contributed by atoms with Crippen molar-refractivity contribution in [2.75, 3.05) is 16.4 Å². The normalized spacial score (nSPS) is 10.5. The zero-order chi connectivity index (χ0) is 18.9. The summed E-state index contributed by atoms with van der Waals surface area (Å²) >= 11 is 1.33. The Hall–Kier alpha value is -3.06. The van der Waals surface area contributed by atoms with Crippen LogP contribution in [0.4, 0.5) is 11.4 Å². The maximum atomic E-state index is 12.0. The van der Waals surface area contributed by atoms with Crippen LogP contribution >= 0.6 is 11.8 Å². The average molecular weight is 370 g/mol. The Bertz CT molecular complexity index is 832. The summed E-state index contributed by atoms with van der Waals surface area (Å²) in [5, 5.41) is 13.9. The predicted octanol–water partition coefficient (Wildman–Crippen LogP) is 3.31. The van der Waals surface area contributed by atoms with E-state index in [-0.39, 0.29) is 11.7 Å². The van der Waals surface area contributed by atoms with Gasteiger partial charge in [-0.1, -0.05) is 23.8 Å². The largest absolute Gasteiger partial charge is 0.478 e. The molecule has 0 saturated heterocycles. The first kappa shape index (κ1) is 19.3. The predicted molar refractivity (Wildman–Crippen MR) is 102 cm³/mol. The van der Waals surface area contributed by atoms with Crippen molar-refractivity contribution in [3.63, 3.8) is 0 Å². The summed E-state index contributed by atoms with van der Waals surface area (Å²) in [7, 11) is 0. The van der Waals surface area contributed by atoms with Gasteiger partial charge < -0.3 is 15.7 Å². The smallest absolute Gasteiger partial charge is 0.328 e. The molecule has 0 spiro atoms. The number of nitrogens with one attached hydrogen (secondary N) is 2. The molecule has 3 N–H and O–H groups in total. The molecule has 0 saturated carbocycles. The summed E-state index contributed by atoms with van der Waals surface area (Å²) in [5.41, 5.74) is 2.39. The maximum absolute atomic E-state index is 12.0. The lowest BCUT2D eigenvalue weighted by atomic mass is 10.2. The van der Waals surface area contributed by atoms with Gasteiger partial charge in [-0.05, 0) is 37.3 Å². The third-order valence-electron chi connectivity index (χ3n) is 3.18. The molecule has 0 bridgehead atoms. The van der Waals surface area contributed by atoms with Crippen molar-refractivity contribution in [2.24, 2.45) is 0 Å². The van der Waals surface area contributed by atoms with Crippen LogP contribution in [0.3, 0.4) is 0 Å². The Morgan fingerprint density at radius 3 is 2.42 bits per heavy atom. The monoisotopic (exact) mass is 370 g/mol. The minimum absolute atomic E-state index is 0.127. The average Bonchev–Trinajstić information content (AvgIpc) is 2.60. The van der Waals surface area contributed by atoms with Gasteiger partial charge in [0.2, 0.25) is 11.8 Å². The standard InChI is InChI=1S/C19H18N2O4S/c1-13-5-7-14(8-6-13)20-18(23)12-26-16-4-2-3-15(11-16)21-17(22)9-10-19(24)25/h2-11H,12H2,1H3,(H,20,23)(H,21,22)(H,24,25)/b10-9+. The van der Waals surface area contributed by atoms with Gasteiger partial charge in [-0.25, -0.2) is 4.79 Å². The SMILES string of the molecule is Cc1ccc(NC(=O)CSc2cccc(NC(=O)/C=C/C(=O)O)c2)cc1. The second kappa shape index (κ2) is 9.43. The van der Waals surface area contributed by atoms with Gasteiger partial charge in [0.25, 0.3) is 0 Å². The molecule has 0 atom stereocenters. The molecule has 134 valence electrons. The highest BCUT2D eigenvalue weighted by molar-refractivity contribution is 8.00. The van der Waals surface area contributed by atoms with Crippen molar-refractivity contribution in [1.82, 2.24) is 0 Å². The molecule has 0 aliphatic heterocycles. The third kappa shape index (κ3) is 6.82. The van der Waals surface area contributed by atoms with Crippen LogP contribution in [0.5, 0.6) is 0 Å². The zero-order valence-electron chi connectivity index (χ0n) is 14.1. The van der Waals surface area contributed by atoms with Crippen LogP contribution in [0.1, 0.15) is 5.56 Å². The molecule has 2 aromatic carbocycles. The Labute approximate surface area is 155 Å². The highest BCUT2D eigenvalue weighted by atomic mass is 32.2. The van der Waals surface area contributed by atoms with Gasteiger partial charge in [-0.3, -0.25) is 9.59 Å². The summed E-state index contributed by atoms with van der Waals surface area (Å²) in [4.78, 5) is 34.8. The van der Waals surface area contributed by atoms with Crippen LogP contribution in [-0.4, -0.2) is 28.6 Å². The summed E-state index contributed by atoms with van der Waals surface area (Å²) in [6.45, 7) is 1.98. The molecule has 0 radical (unpaired) electrons. The van der Waals surface area contributed by atoms with Gasteiger partial charge in [0, 0.05) is 28.4 Å². The van der Waals surface area contributed by atoms with Crippen LogP contribution in [0.15, 0.2) is 65.6 Å². The van der Waals surface area contributed by atoms with E-state index in [0.717, 1.165) is 28.3 Å². The Balaban J connectivity index is 1.87. The lowest BCUT2D eigenvalue weighted by Gasteiger charge is -2.07. The topological polar surface area (TPSA) is 95.5 Å². The maximum Gasteiger partial charge on any atom is 0.328 e. The summed E-state index contributed by atoms with van der Waals surface area (Å²) in [6, 6.07) is 14.5. The summed E-state index contributed by atoms with van der Waals surface area (Å²) < 4.78 is 0. The van der Waals surface area contributed by atoms with E-state index < -0.39 is 11.9 Å². The van der Waals surface area contributed by atoms with Gasteiger partial charge >= 0.3 is 5.97 Å². The first-order valence-corrected chi connectivity index (χ1v) is 8.72. The highest BCUT2D eigenvalue weighted by Gasteiger charge is 2.05. The number of carboxylic acids is 1. The van der Waals surface area contributed by atoms with Crippen LogP contribution in [-0.2, 0) is 14.4 Å². The van der Waals surface area contributed by atoms with Crippen LogP contribution in [0.2, 0.25) is 0 Å². The Morgan fingerprint density at radius 1 is 1.00 bits per heavy atom. The molecule has 0 aliphatic carbocycles. The number of amides is 2. The van der Waals surface area contributed by atoms with E-state index in [2.05, 4.69) is 10.6 Å². The van der Waals surface area contributed by atoms with Gasteiger partial charge in [0.1, 0.15) is 0 Å². The molecule has 6 nitrogen and oxygen atoms in total. The van der Waals surface area contributed by atoms with Crippen molar-refractivity contribution in [3.8, 4) is 0 Å². The number of anilines is 2. The van der Waals surface area contributed by atoms with Crippen LogP contribution in [0.25, 0.3) is 0 Å². The highest BCUT2D eigenvalue weighted by Crippen LogP contribution is 2.22. The number of thioether (sulfide) groups is 1. The molecule has 2 aromatic rings. The molecule has 2 rings (SSSR count). The summed E-state index contributed by atoms with van der Waals surface area (Å²) in [5.74, 6) is -1.63. The number of hydrogen-bond donors (Lipinski definition) is 3. The molecule has 0 aromatic heterocycles. The fourth-order valence-electron chi connectivity index (χ4n) is 1.98. The quantitative estimate of drug-likeness (QED) is 0.513. The van der Waals surface area contributed by atoms with E-state index in [4.69, 9.17) is 5.11 Å². The van der Waals surface area contributed by atoms with Gasteiger partial charge in [-0.2, -0.15) is 0 Å². The number of hydrogen-bond acceptors (Lipinski definition) is 4. The minimum Gasteiger partial charge on any atom is -0.478 e. The van der Waals surface area contributed by atoms with E-state index in [1.54, 1.807) is 18.2 Å². The molecule has 2 amide bonds. The Morgan fingerprint density at radius 2 is 1.73 bits per heavy atom. The van der Waals surface area contributed by atoms with Crippen molar-refractivity contribution in [2.45, 2.75) is 11.8 Å². The van der Waals surface area contributed by atoms with Crippen molar-refractivity contribution >= 4 is 40.9 Å². The first-order valence-electron chi connectivity index (χ1n) is 7.74. The molecule has 0 aliphatic rings. The van der Waals surface area contributed by atoms with Gasteiger partial charge in [0.15, 0.2) is 0 Å². The zero-order valence-corrected chi connectivity index (χ0v) is 14.9. The summed E-state index contributed by atoms with van der Waals surface area (Å²) in [6.07, 6.45) is 1.71. The van der Waals surface area contributed by atoms with E-state index in [0.29, 0.717) is 5.69 Å². The number of rotatable bonds is 7. The molecular formula is C19H18N2O4S. The number of benzene rings is 2. The Kier molecular flexibility index (Phi) is 6.99. The lowest BCUT2D eigenvalue weighted by Crippen LogP contribution is -2.14. The second-order valence-corrected chi connectivity index (χ2v) is 6.44. The molecule has 7 heteroatoms. The number of aryl methyl sites for hydroxylation is 1. The van der Waals surface area contributed by atoms with Crippen molar-refractivity contribution < 1.29 is 19.5 Å². The van der Waals surface area contributed by atoms with Crippen molar-refractivity contribution in [1.29, 1.82) is 0 Å². The van der Waals surface area contributed by atoms with E-state index in [1.165, 1.54) is 11.8 Å². The molecule has 0 fully saturated rings. The van der Waals surface area contributed by atoms with E-state index in [1.807, 2.05) is 37.3 Å². The number of carbonyl (C=O) groups excluding carboxylic acids is 2. The van der Waals surface area contributed by atoms with Gasteiger partial charge in [0.05, 0.1) is 5.75 Å². The number of carbonyl (C=O) groups is 3. The molecule has 0 heterocycles. The third-order valence-corrected chi connectivity index (χ3v) is 4.18. The van der Waals surface area contributed by atoms with Crippen molar-refractivity contribution in [3.05, 3.63) is 66.2 Å². The number of carboxylic acid groups (broad SMARTS) is 1. The fourth-order valence-corrected chi connectivity index (χ4v) is 2.73. The molecule has 0 unspecified atom stereocenters. The van der Waals surface area contributed by atoms with Gasteiger partial charge in [-0.15, -0.1) is 11.8 Å². The molecular weight excluding hydrogens is 352 g/mol. The van der Waals surface area contributed by atoms with Crippen LogP contribution in [0, 0.1) is 6.92 Å². The second-order valence-electron chi connectivity index (χ2n) is 5.39. The first-order chi connectivity index (χ1) is 12.4. The fraction of sp³-hybridized carbons (Fsp3) is 0.105.